The predicted molar refractivity (Wildman–Crippen MR) is 54.5 cm³/mol. The number of hydrogen-bond acceptors (Lipinski definition) is 1. The molecule has 0 aliphatic heterocycles. The van der Waals surface area contributed by atoms with E-state index in [4.69, 9.17) is 23.2 Å². The molecule has 0 aromatic carbocycles. The van der Waals surface area contributed by atoms with E-state index in [-0.39, 0.29) is 0 Å². The highest BCUT2D eigenvalue weighted by Gasteiger charge is 2.08. The predicted octanol–water partition coefficient (Wildman–Crippen LogP) is 3.64. The normalized spacial score (nSPS) is 17.3. The minimum atomic E-state index is 0.294. The highest BCUT2D eigenvalue weighted by atomic mass is 79.9. The first-order valence-corrected chi connectivity index (χ1v) is 6.10. The first-order valence-electron chi connectivity index (χ1n) is 2.26. The van der Waals surface area contributed by atoms with E-state index in [1.807, 2.05) is 0 Å². The molecule has 0 nitrogen and oxygen atoms in total. The Bertz CT molecular complexity index is 65.6. The van der Waals surface area contributed by atoms with E-state index < -0.39 is 0 Å². The molecule has 0 saturated carbocycles. The summed E-state index contributed by atoms with van der Waals surface area (Å²) in [6.45, 7) is 0. The molecular weight excluding hydrogens is 311 g/mol. The van der Waals surface area contributed by atoms with Gasteiger partial charge in [0.25, 0.3) is 0 Å². The molecule has 56 valence electrons. The molecule has 0 heterocycles. The third-order valence-electron chi connectivity index (χ3n) is 0.538. The van der Waals surface area contributed by atoms with Gasteiger partial charge in [-0.25, -0.2) is 0 Å². The van der Waals surface area contributed by atoms with Crippen molar-refractivity contribution in [2.24, 2.45) is 0 Å². The second kappa shape index (κ2) is 6.59. The largest absolute Gasteiger partial charge is 0.129 e. The zero-order valence-corrected chi connectivity index (χ0v) is 9.99. The maximum Gasteiger partial charge on any atom is 0.0746 e. The van der Waals surface area contributed by atoms with E-state index >= 15 is 0 Å². The Labute approximate surface area is 86.3 Å². The average Bonchev–Trinajstić information content (AvgIpc) is 1.87. The molecule has 0 fully saturated rings. The van der Waals surface area contributed by atoms with Gasteiger partial charge in [-0.2, -0.15) is 0 Å². The van der Waals surface area contributed by atoms with Gasteiger partial charge in [0.1, 0.15) is 0 Å². The van der Waals surface area contributed by atoms with Crippen LogP contribution in [0.3, 0.4) is 0 Å². The SMILES string of the molecule is ClC[C@@H](Br)S[C@H](Br)CCl. The van der Waals surface area contributed by atoms with Crippen LogP contribution >= 0.6 is 66.8 Å². The van der Waals surface area contributed by atoms with Crippen LogP contribution in [-0.4, -0.2) is 20.1 Å². The Morgan fingerprint density at radius 1 is 1.11 bits per heavy atom. The van der Waals surface area contributed by atoms with E-state index in [0.29, 0.717) is 20.1 Å². The van der Waals surface area contributed by atoms with Crippen molar-refractivity contribution < 1.29 is 0 Å². The van der Waals surface area contributed by atoms with Crippen molar-refractivity contribution >= 4 is 66.8 Å². The summed E-state index contributed by atoms with van der Waals surface area (Å²) in [5.74, 6) is 1.20. The molecule has 0 rings (SSSR count). The Kier molecular flexibility index (Phi) is 7.97. The lowest BCUT2D eigenvalue weighted by atomic mass is 10.9. The van der Waals surface area contributed by atoms with Gasteiger partial charge < -0.3 is 0 Å². The summed E-state index contributed by atoms with van der Waals surface area (Å²) in [5, 5.41) is 0. The van der Waals surface area contributed by atoms with Gasteiger partial charge in [0.2, 0.25) is 0 Å². The van der Waals surface area contributed by atoms with E-state index in [9.17, 15) is 0 Å². The van der Waals surface area contributed by atoms with E-state index in [2.05, 4.69) is 31.9 Å². The molecular formula is C4H6Br2Cl2S. The first-order chi connectivity index (χ1) is 4.20. The molecule has 0 amide bonds. The zero-order valence-electron chi connectivity index (χ0n) is 4.49. The van der Waals surface area contributed by atoms with Crippen LogP contribution in [0.15, 0.2) is 0 Å². The molecule has 0 spiro atoms. The molecule has 0 aromatic heterocycles. The lowest BCUT2D eigenvalue weighted by Gasteiger charge is -2.07. The fraction of sp³-hybridized carbons (Fsp3) is 1.00. The Balaban J connectivity index is 3.22. The second-order valence-electron chi connectivity index (χ2n) is 1.26. The number of rotatable bonds is 4. The van der Waals surface area contributed by atoms with Crippen molar-refractivity contribution in [3.63, 3.8) is 0 Å². The quantitative estimate of drug-likeness (QED) is 0.714. The van der Waals surface area contributed by atoms with Crippen LogP contribution in [-0.2, 0) is 0 Å². The molecule has 0 N–H and O–H groups in total. The maximum absolute atomic E-state index is 5.52. The molecule has 0 saturated heterocycles. The molecule has 0 bridgehead atoms. The van der Waals surface area contributed by atoms with Crippen molar-refractivity contribution in [3.8, 4) is 0 Å². The molecule has 2 atom stereocenters. The molecule has 0 radical (unpaired) electrons. The van der Waals surface area contributed by atoms with Gasteiger partial charge in [0, 0.05) is 11.8 Å². The molecule has 0 aliphatic rings. The first kappa shape index (κ1) is 10.9. The van der Waals surface area contributed by atoms with Gasteiger partial charge in [-0.05, 0) is 0 Å². The fourth-order valence-corrected chi connectivity index (χ4v) is 3.57. The second-order valence-corrected chi connectivity index (χ2v) is 6.72. The molecule has 0 aromatic rings. The number of thioether (sulfide) groups is 1. The highest BCUT2D eigenvalue weighted by Crippen LogP contribution is 2.28. The Hall–Kier alpha value is 1.89. The third-order valence-corrected chi connectivity index (χ3v) is 5.13. The smallest absolute Gasteiger partial charge is 0.0746 e. The minimum Gasteiger partial charge on any atom is -0.129 e. The molecule has 5 heteroatoms. The number of alkyl halides is 4. The van der Waals surface area contributed by atoms with Crippen molar-refractivity contribution in [1.29, 1.82) is 0 Å². The summed E-state index contributed by atoms with van der Waals surface area (Å²) in [5.41, 5.74) is 0. The summed E-state index contributed by atoms with van der Waals surface area (Å²) in [6.07, 6.45) is 0. The summed E-state index contributed by atoms with van der Waals surface area (Å²) < 4.78 is 0.588. The molecule has 0 aliphatic carbocycles. The van der Waals surface area contributed by atoms with Gasteiger partial charge in [0.15, 0.2) is 0 Å². The number of hydrogen-bond donors (Lipinski definition) is 0. The monoisotopic (exact) mass is 314 g/mol. The van der Waals surface area contributed by atoms with Crippen molar-refractivity contribution in [2.75, 3.05) is 11.8 Å². The van der Waals surface area contributed by atoms with Gasteiger partial charge in [-0.1, -0.05) is 31.9 Å². The van der Waals surface area contributed by atoms with E-state index in [0.717, 1.165) is 0 Å². The summed E-state index contributed by atoms with van der Waals surface area (Å²) >= 11 is 19.4. The van der Waals surface area contributed by atoms with Crippen molar-refractivity contribution in [3.05, 3.63) is 0 Å². The van der Waals surface area contributed by atoms with Crippen LogP contribution in [0.25, 0.3) is 0 Å². The van der Waals surface area contributed by atoms with Crippen LogP contribution in [0.2, 0.25) is 0 Å². The van der Waals surface area contributed by atoms with Crippen molar-refractivity contribution in [1.82, 2.24) is 0 Å². The summed E-state index contributed by atoms with van der Waals surface area (Å²) in [4.78, 5) is 0. The zero-order chi connectivity index (χ0) is 7.28. The van der Waals surface area contributed by atoms with Crippen LogP contribution < -0.4 is 0 Å². The van der Waals surface area contributed by atoms with Gasteiger partial charge in [-0.3, -0.25) is 0 Å². The molecule has 9 heavy (non-hydrogen) atoms. The van der Waals surface area contributed by atoms with Crippen LogP contribution in [0.4, 0.5) is 0 Å². The van der Waals surface area contributed by atoms with E-state index in [1.165, 1.54) is 0 Å². The average molecular weight is 317 g/mol. The lowest BCUT2D eigenvalue weighted by Crippen LogP contribution is -2.01. The van der Waals surface area contributed by atoms with Crippen molar-refractivity contribution in [2.45, 2.75) is 8.32 Å². The maximum atomic E-state index is 5.52. The van der Waals surface area contributed by atoms with Gasteiger partial charge in [0.05, 0.1) is 8.32 Å². The Morgan fingerprint density at radius 2 is 1.44 bits per heavy atom. The highest BCUT2D eigenvalue weighted by molar-refractivity contribution is 9.13. The topological polar surface area (TPSA) is 0 Å². The van der Waals surface area contributed by atoms with Crippen LogP contribution in [0.5, 0.6) is 0 Å². The lowest BCUT2D eigenvalue weighted by molar-refractivity contribution is 1.39. The summed E-state index contributed by atoms with van der Waals surface area (Å²) in [6, 6.07) is 0. The standard InChI is InChI=1S/C4H6Br2Cl2S/c5-3(1-7)9-4(6)2-8/h3-4H,1-2H2/t3-,4-/m0/s1. The minimum absolute atomic E-state index is 0.294. The van der Waals surface area contributed by atoms with Crippen LogP contribution in [0.1, 0.15) is 0 Å². The van der Waals surface area contributed by atoms with Gasteiger partial charge in [-0.15, -0.1) is 35.0 Å². The van der Waals surface area contributed by atoms with E-state index in [1.54, 1.807) is 11.8 Å². The third kappa shape index (κ3) is 6.29. The fourth-order valence-electron chi connectivity index (χ4n) is 0.233. The summed E-state index contributed by atoms with van der Waals surface area (Å²) in [7, 11) is 0. The van der Waals surface area contributed by atoms with Gasteiger partial charge >= 0.3 is 0 Å². The molecule has 0 unspecified atom stereocenters. The Morgan fingerprint density at radius 3 is 1.67 bits per heavy atom. The van der Waals surface area contributed by atoms with Crippen LogP contribution in [0, 0.1) is 0 Å². The number of halogens is 4.